The number of carboxylic acids is 1. The van der Waals surface area contributed by atoms with Gasteiger partial charge in [-0.3, -0.25) is 13.8 Å². The maximum atomic E-state index is 13.0. The highest BCUT2D eigenvalue weighted by Crippen LogP contribution is 2.76. The van der Waals surface area contributed by atoms with Gasteiger partial charge in [0.2, 0.25) is 0 Å². The van der Waals surface area contributed by atoms with Gasteiger partial charge in [-0.25, -0.2) is 0 Å². The van der Waals surface area contributed by atoms with Gasteiger partial charge in [-0.05, 0) is 105 Å². The van der Waals surface area contributed by atoms with Crippen LogP contribution >= 0.6 is 0 Å². The van der Waals surface area contributed by atoms with Crippen LogP contribution in [0.15, 0.2) is 40.8 Å². The van der Waals surface area contributed by atoms with E-state index in [0.717, 1.165) is 43.2 Å². The first-order chi connectivity index (χ1) is 17.9. The molecule has 0 amide bonds. The van der Waals surface area contributed by atoms with E-state index in [4.69, 9.17) is 4.18 Å². The molecule has 7 nitrogen and oxygen atoms in total. The van der Waals surface area contributed by atoms with E-state index in [1.807, 2.05) is 6.92 Å². The third-order valence-corrected chi connectivity index (χ3v) is 12.4. The third kappa shape index (κ3) is 4.01. The van der Waals surface area contributed by atoms with Gasteiger partial charge in [0, 0.05) is 18.8 Å². The van der Waals surface area contributed by atoms with Gasteiger partial charge >= 0.3 is 5.97 Å². The largest absolute Gasteiger partial charge is 0.481 e. The average Bonchev–Trinajstić information content (AvgIpc) is 3.63. The first-order valence-corrected chi connectivity index (χ1v) is 15.5. The molecule has 4 saturated carbocycles. The Morgan fingerprint density at radius 3 is 2.55 bits per heavy atom. The number of carboxylic acid groups (broad SMARTS) is 1. The van der Waals surface area contributed by atoms with Gasteiger partial charge in [0.15, 0.2) is 5.78 Å². The maximum absolute atomic E-state index is 13.0. The highest BCUT2D eigenvalue weighted by atomic mass is 32.2. The number of rotatable bonds is 7. The van der Waals surface area contributed by atoms with Crippen molar-refractivity contribution in [2.24, 2.45) is 46.8 Å². The molecule has 0 saturated heterocycles. The standard InChI is InChI=1S/C30H38O7S/c1-17-3-6-20(7-4-17)38(35,36)37-16-18-13-24-22(21-8-5-19(31)14-23(18)21)9-11-29(2)28(24)25-15-26(25)30(29,34)12-10-27(32)33/h3-4,6-7,14,18,21-22,24-26,28,34H,5,8-13,15-16H2,1-2H3,(H,32,33)/t18-,21+,22+,24+,25-,26+,28+,29-,30-/m0/s1. The van der Waals surface area contributed by atoms with Crippen molar-refractivity contribution in [3.63, 3.8) is 0 Å². The molecule has 0 unspecified atom stereocenters. The molecule has 8 heteroatoms. The minimum absolute atomic E-state index is 0.00978. The Morgan fingerprint density at radius 2 is 1.84 bits per heavy atom. The zero-order valence-corrected chi connectivity index (χ0v) is 23.0. The zero-order chi connectivity index (χ0) is 27.0. The quantitative estimate of drug-likeness (QED) is 0.487. The summed E-state index contributed by atoms with van der Waals surface area (Å²) in [4.78, 5) is 24.0. The number of aryl methyl sites for hydroxylation is 1. The number of aliphatic carboxylic acids is 1. The summed E-state index contributed by atoms with van der Waals surface area (Å²) >= 11 is 0. The van der Waals surface area contributed by atoms with Crippen molar-refractivity contribution in [2.75, 3.05) is 6.61 Å². The van der Waals surface area contributed by atoms with E-state index in [2.05, 4.69) is 6.92 Å². The van der Waals surface area contributed by atoms with Gasteiger partial charge in [0.1, 0.15) is 0 Å². The number of carbonyl (C=O) groups is 2. The first-order valence-electron chi connectivity index (χ1n) is 14.1. The van der Waals surface area contributed by atoms with Crippen molar-refractivity contribution in [1.29, 1.82) is 0 Å². The molecule has 6 rings (SSSR count). The molecular formula is C30H38O7S. The van der Waals surface area contributed by atoms with Gasteiger partial charge in [0.05, 0.1) is 17.1 Å². The van der Waals surface area contributed by atoms with Gasteiger partial charge in [-0.1, -0.05) is 30.2 Å². The molecule has 0 bridgehead atoms. The average molecular weight is 543 g/mol. The summed E-state index contributed by atoms with van der Waals surface area (Å²) in [7, 11) is -3.93. The SMILES string of the molecule is Cc1ccc(S(=O)(=O)OC[C@@H]2C[C@@H]3[C@H](CC[C@@]4(C)[C@H]3[C@H]3C[C@H]3[C@@]4(O)CCC(=O)O)[C@H]3CCC(=O)C=C23)cc1. The van der Waals surface area contributed by atoms with Gasteiger partial charge in [-0.2, -0.15) is 8.42 Å². The molecule has 0 radical (unpaired) electrons. The summed E-state index contributed by atoms with van der Waals surface area (Å²) in [6, 6.07) is 6.62. The predicted octanol–water partition coefficient (Wildman–Crippen LogP) is 4.52. The summed E-state index contributed by atoms with van der Waals surface area (Å²) in [6.07, 6.45) is 6.82. The van der Waals surface area contributed by atoms with E-state index in [9.17, 15) is 28.2 Å². The van der Waals surface area contributed by atoms with E-state index in [1.165, 1.54) is 0 Å². The topological polar surface area (TPSA) is 118 Å². The Hall–Kier alpha value is -2.03. The van der Waals surface area contributed by atoms with Gasteiger partial charge in [-0.15, -0.1) is 0 Å². The second kappa shape index (κ2) is 9.00. The molecule has 9 atom stereocenters. The van der Waals surface area contributed by atoms with Crippen molar-refractivity contribution in [1.82, 2.24) is 0 Å². The molecule has 1 aromatic carbocycles. The molecule has 206 valence electrons. The maximum Gasteiger partial charge on any atom is 0.303 e. The number of aliphatic hydroxyl groups is 1. The van der Waals surface area contributed by atoms with E-state index >= 15 is 0 Å². The van der Waals surface area contributed by atoms with Crippen molar-refractivity contribution >= 4 is 21.9 Å². The normalized spacial score (nSPS) is 41.4. The second-order valence-corrected chi connectivity index (χ2v) is 14.5. The molecule has 0 aliphatic heterocycles. The Bertz CT molecular complexity index is 1280. The number of hydrogen-bond acceptors (Lipinski definition) is 6. The number of benzene rings is 1. The number of carbonyl (C=O) groups excluding carboxylic acids is 1. The Kier molecular flexibility index (Phi) is 6.21. The molecular weight excluding hydrogens is 504 g/mol. The summed E-state index contributed by atoms with van der Waals surface area (Å²) < 4.78 is 31.7. The Morgan fingerprint density at radius 1 is 1.11 bits per heavy atom. The Balaban J connectivity index is 1.28. The third-order valence-electron chi connectivity index (χ3n) is 11.1. The van der Waals surface area contributed by atoms with Crippen LogP contribution < -0.4 is 0 Å². The van der Waals surface area contributed by atoms with Crippen molar-refractivity contribution in [2.45, 2.75) is 75.7 Å². The van der Waals surface area contributed by atoms with Crippen LogP contribution in [0.25, 0.3) is 0 Å². The fraction of sp³-hybridized carbons (Fsp3) is 0.667. The van der Waals surface area contributed by atoms with Crippen LogP contribution in [0.2, 0.25) is 0 Å². The Labute approximate surface area is 224 Å². The monoisotopic (exact) mass is 542 g/mol. The lowest BCUT2D eigenvalue weighted by Gasteiger charge is -2.58. The molecule has 2 N–H and O–H groups in total. The fourth-order valence-corrected chi connectivity index (χ4v) is 10.3. The number of fused-ring (bicyclic) bond motifs is 7. The summed E-state index contributed by atoms with van der Waals surface area (Å²) in [6.45, 7) is 4.08. The molecule has 5 aliphatic rings. The first kappa shape index (κ1) is 26.2. The molecule has 1 aromatic rings. The highest BCUT2D eigenvalue weighted by molar-refractivity contribution is 7.86. The van der Waals surface area contributed by atoms with Crippen LogP contribution in [0, 0.1) is 53.8 Å². The van der Waals surface area contributed by atoms with Crippen LogP contribution in [-0.4, -0.2) is 42.6 Å². The summed E-state index contributed by atoms with van der Waals surface area (Å²) in [5.74, 6) is 0.817. The lowest BCUT2D eigenvalue weighted by atomic mass is 9.47. The highest BCUT2D eigenvalue weighted by Gasteiger charge is 2.75. The number of ketones is 1. The van der Waals surface area contributed by atoms with Crippen molar-refractivity contribution < 1.29 is 32.4 Å². The fourth-order valence-electron chi connectivity index (χ4n) is 9.34. The minimum Gasteiger partial charge on any atom is -0.481 e. The van der Waals surface area contributed by atoms with Crippen molar-refractivity contribution in [3.05, 3.63) is 41.5 Å². The number of hydrogen-bond donors (Lipinski definition) is 2. The van der Waals surface area contributed by atoms with Crippen LogP contribution in [0.4, 0.5) is 0 Å². The molecule has 4 fully saturated rings. The molecule has 5 aliphatic carbocycles. The van der Waals surface area contributed by atoms with Crippen LogP contribution in [-0.2, 0) is 23.9 Å². The molecule has 38 heavy (non-hydrogen) atoms. The minimum atomic E-state index is -3.93. The molecule has 0 aromatic heterocycles. The predicted molar refractivity (Wildman–Crippen MR) is 139 cm³/mol. The van der Waals surface area contributed by atoms with Crippen molar-refractivity contribution in [3.8, 4) is 0 Å². The van der Waals surface area contributed by atoms with Gasteiger partial charge < -0.3 is 10.2 Å². The van der Waals surface area contributed by atoms with E-state index in [1.54, 1.807) is 30.3 Å². The van der Waals surface area contributed by atoms with Crippen LogP contribution in [0.5, 0.6) is 0 Å². The molecule has 0 heterocycles. The lowest BCUT2D eigenvalue weighted by molar-refractivity contribution is -0.155. The van der Waals surface area contributed by atoms with Crippen LogP contribution in [0.1, 0.15) is 63.9 Å². The van der Waals surface area contributed by atoms with E-state index in [0.29, 0.717) is 24.2 Å². The molecule has 0 spiro atoms. The van der Waals surface area contributed by atoms with Crippen LogP contribution in [0.3, 0.4) is 0 Å². The lowest BCUT2D eigenvalue weighted by Crippen LogP contribution is -2.56. The van der Waals surface area contributed by atoms with E-state index < -0.39 is 21.7 Å². The summed E-state index contributed by atoms with van der Waals surface area (Å²) in [5.41, 5.74) is 0.708. The van der Waals surface area contributed by atoms with E-state index in [-0.39, 0.29) is 59.2 Å². The van der Waals surface area contributed by atoms with Gasteiger partial charge in [0.25, 0.3) is 10.1 Å². The zero-order valence-electron chi connectivity index (χ0n) is 22.1. The second-order valence-electron chi connectivity index (χ2n) is 12.9. The smallest absolute Gasteiger partial charge is 0.303 e. The summed E-state index contributed by atoms with van der Waals surface area (Å²) in [5, 5.41) is 21.3.